The predicted molar refractivity (Wildman–Crippen MR) is 86.3 cm³/mol. The van der Waals surface area contributed by atoms with Gasteiger partial charge in [-0.2, -0.15) is 0 Å². The number of piperazine rings is 1. The number of nitrogens with zero attached hydrogens (tertiary/aromatic N) is 2. The molecule has 2 rings (SSSR count). The third-order valence-electron chi connectivity index (χ3n) is 3.50. The SMILES string of the molecule is CCCN1CCN(c2ccc(C(N)=S)c(Cl)c2)CC1. The third kappa shape index (κ3) is 3.59. The van der Waals surface area contributed by atoms with Crippen molar-refractivity contribution >= 4 is 34.5 Å². The summed E-state index contributed by atoms with van der Waals surface area (Å²) in [5.41, 5.74) is 7.53. The molecule has 1 aliphatic rings. The maximum absolute atomic E-state index is 6.22. The van der Waals surface area contributed by atoms with Crippen molar-refractivity contribution in [3.05, 3.63) is 28.8 Å². The average Bonchev–Trinajstić information content (AvgIpc) is 2.39. The molecule has 0 saturated carbocycles. The van der Waals surface area contributed by atoms with Crippen LogP contribution < -0.4 is 10.6 Å². The maximum atomic E-state index is 6.22. The molecular weight excluding hydrogens is 278 g/mol. The van der Waals surface area contributed by atoms with E-state index in [1.165, 1.54) is 13.0 Å². The lowest BCUT2D eigenvalue weighted by Crippen LogP contribution is -2.46. The number of hydrogen-bond acceptors (Lipinski definition) is 3. The van der Waals surface area contributed by atoms with E-state index in [0.717, 1.165) is 37.4 Å². The summed E-state index contributed by atoms with van der Waals surface area (Å²) in [4.78, 5) is 5.22. The summed E-state index contributed by atoms with van der Waals surface area (Å²) in [6.45, 7) is 7.73. The second-order valence-electron chi connectivity index (χ2n) is 4.86. The van der Waals surface area contributed by atoms with Gasteiger partial charge in [-0.15, -0.1) is 0 Å². The molecule has 0 radical (unpaired) electrons. The molecule has 0 bridgehead atoms. The van der Waals surface area contributed by atoms with Crippen LogP contribution in [0.25, 0.3) is 0 Å². The fourth-order valence-electron chi connectivity index (χ4n) is 2.45. The molecule has 1 heterocycles. The van der Waals surface area contributed by atoms with E-state index in [1.807, 2.05) is 12.1 Å². The second kappa shape index (κ2) is 6.55. The topological polar surface area (TPSA) is 32.5 Å². The fraction of sp³-hybridized carbons (Fsp3) is 0.500. The molecular formula is C14H20ClN3S. The van der Waals surface area contributed by atoms with Crippen LogP contribution in [0.4, 0.5) is 5.69 Å². The van der Waals surface area contributed by atoms with Crippen LogP contribution in [0.15, 0.2) is 18.2 Å². The van der Waals surface area contributed by atoms with Gasteiger partial charge in [-0.25, -0.2) is 0 Å². The Morgan fingerprint density at radius 3 is 2.53 bits per heavy atom. The Hall–Kier alpha value is -0.840. The summed E-state index contributed by atoms with van der Waals surface area (Å²) in [5.74, 6) is 0. The molecule has 2 N–H and O–H groups in total. The van der Waals surface area contributed by atoms with Gasteiger partial charge in [0.15, 0.2) is 0 Å². The highest BCUT2D eigenvalue weighted by molar-refractivity contribution is 7.80. The Bertz CT molecular complexity index is 456. The number of rotatable bonds is 4. The van der Waals surface area contributed by atoms with Gasteiger partial charge in [0.2, 0.25) is 0 Å². The molecule has 1 fully saturated rings. The molecule has 5 heteroatoms. The molecule has 0 spiro atoms. The summed E-state index contributed by atoms with van der Waals surface area (Å²) < 4.78 is 0. The van der Waals surface area contributed by atoms with Crippen molar-refractivity contribution in [2.75, 3.05) is 37.6 Å². The molecule has 1 aromatic rings. The van der Waals surface area contributed by atoms with Crippen molar-refractivity contribution in [2.45, 2.75) is 13.3 Å². The van der Waals surface area contributed by atoms with Gasteiger partial charge in [0.05, 0.1) is 5.02 Å². The normalized spacial score (nSPS) is 16.6. The van der Waals surface area contributed by atoms with E-state index in [4.69, 9.17) is 29.6 Å². The number of halogens is 1. The maximum Gasteiger partial charge on any atom is 0.105 e. The van der Waals surface area contributed by atoms with Crippen LogP contribution in [-0.2, 0) is 0 Å². The van der Waals surface area contributed by atoms with Crippen molar-refractivity contribution in [2.24, 2.45) is 5.73 Å². The quantitative estimate of drug-likeness (QED) is 0.866. The Morgan fingerprint density at radius 1 is 1.32 bits per heavy atom. The minimum Gasteiger partial charge on any atom is -0.389 e. The van der Waals surface area contributed by atoms with Gasteiger partial charge in [0, 0.05) is 37.4 Å². The first-order valence-corrected chi connectivity index (χ1v) is 7.47. The van der Waals surface area contributed by atoms with Gasteiger partial charge in [-0.1, -0.05) is 30.7 Å². The van der Waals surface area contributed by atoms with Crippen LogP contribution in [0, 0.1) is 0 Å². The van der Waals surface area contributed by atoms with E-state index < -0.39 is 0 Å². The number of hydrogen-bond donors (Lipinski definition) is 1. The van der Waals surface area contributed by atoms with Crippen LogP contribution in [0.1, 0.15) is 18.9 Å². The van der Waals surface area contributed by atoms with Crippen molar-refractivity contribution in [3.63, 3.8) is 0 Å². The van der Waals surface area contributed by atoms with E-state index in [9.17, 15) is 0 Å². The number of thiocarbonyl (C=S) groups is 1. The Kier molecular flexibility index (Phi) is 5.02. The molecule has 0 unspecified atom stereocenters. The van der Waals surface area contributed by atoms with Crippen LogP contribution in [0.2, 0.25) is 5.02 Å². The van der Waals surface area contributed by atoms with Crippen LogP contribution in [0.5, 0.6) is 0 Å². The molecule has 1 saturated heterocycles. The zero-order valence-corrected chi connectivity index (χ0v) is 12.8. The molecule has 3 nitrogen and oxygen atoms in total. The Balaban J connectivity index is 2.04. The van der Waals surface area contributed by atoms with Crippen LogP contribution >= 0.6 is 23.8 Å². The standard InChI is InChI=1S/C14H20ClN3S/c1-2-5-17-6-8-18(9-7-17)11-3-4-12(14(16)19)13(15)10-11/h3-4,10H,2,5-9H2,1H3,(H2,16,19). The van der Waals surface area contributed by atoms with Gasteiger partial charge >= 0.3 is 0 Å². The molecule has 1 aromatic carbocycles. The lowest BCUT2D eigenvalue weighted by Gasteiger charge is -2.36. The van der Waals surface area contributed by atoms with E-state index in [0.29, 0.717) is 10.0 Å². The largest absolute Gasteiger partial charge is 0.389 e. The van der Waals surface area contributed by atoms with Crippen LogP contribution in [0.3, 0.4) is 0 Å². The fourth-order valence-corrected chi connectivity index (χ4v) is 2.96. The first-order valence-electron chi connectivity index (χ1n) is 6.68. The molecule has 104 valence electrons. The summed E-state index contributed by atoms with van der Waals surface area (Å²) in [6.07, 6.45) is 1.22. The summed E-state index contributed by atoms with van der Waals surface area (Å²) >= 11 is 11.2. The first kappa shape index (κ1) is 14.6. The molecule has 1 aliphatic heterocycles. The first-order chi connectivity index (χ1) is 9.11. The van der Waals surface area contributed by atoms with E-state index in [-0.39, 0.29) is 0 Å². The van der Waals surface area contributed by atoms with Crippen molar-refractivity contribution in [1.82, 2.24) is 4.90 Å². The van der Waals surface area contributed by atoms with E-state index >= 15 is 0 Å². The van der Waals surface area contributed by atoms with Gasteiger partial charge in [-0.3, -0.25) is 4.90 Å². The van der Waals surface area contributed by atoms with Gasteiger partial charge < -0.3 is 10.6 Å². The van der Waals surface area contributed by atoms with Crippen molar-refractivity contribution in [3.8, 4) is 0 Å². The lowest BCUT2D eigenvalue weighted by molar-refractivity contribution is 0.258. The minimum atomic E-state index is 0.351. The molecule has 0 atom stereocenters. The van der Waals surface area contributed by atoms with E-state index in [2.05, 4.69) is 22.8 Å². The molecule has 19 heavy (non-hydrogen) atoms. The van der Waals surface area contributed by atoms with Gasteiger partial charge in [0.1, 0.15) is 4.99 Å². The summed E-state index contributed by atoms with van der Waals surface area (Å²) in [6, 6.07) is 5.93. The smallest absolute Gasteiger partial charge is 0.105 e. The summed E-state index contributed by atoms with van der Waals surface area (Å²) in [7, 11) is 0. The predicted octanol–water partition coefficient (Wildman–Crippen LogP) is 2.51. The number of anilines is 1. The van der Waals surface area contributed by atoms with Gasteiger partial charge in [-0.05, 0) is 31.2 Å². The highest BCUT2D eigenvalue weighted by Gasteiger charge is 2.17. The highest BCUT2D eigenvalue weighted by atomic mass is 35.5. The van der Waals surface area contributed by atoms with Gasteiger partial charge in [0.25, 0.3) is 0 Å². The monoisotopic (exact) mass is 297 g/mol. The lowest BCUT2D eigenvalue weighted by atomic mass is 10.1. The highest BCUT2D eigenvalue weighted by Crippen LogP contribution is 2.24. The second-order valence-corrected chi connectivity index (χ2v) is 5.70. The zero-order chi connectivity index (χ0) is 13.8. The van der Waals surface area contributed by atoms with Crippen molar-refractivity contribution < 1.29 is 0 Å². The number of nitrogens with two attached hydrogens (primary N) is 1. The summed E-state index contributed by atoms with van der Waals surface area (Å²) in [5, 5.41) is 0.640. The van der Waals surface area contributed by atoms with Crippen molar-refractivity contribution in [1.29, 1.82) is 0 Å². The number of benzene rings is 1. The Labute approximate surface area is 125 Å². The zero-order valence-electron chi connectivity index (χ0n) is 11.2. The minimum absolute atomic E-state index is 0.351. The average molecular weight is 298 g/mol. The Morgan fingerprint density at radius 2 is 2.00 bits per heavy atom. The molecule has 0 aromatic heterocycles. The van der Waals surface area contributed by atoms with Crippen LogP contribution in [-0.4, -0.2) is 42.6 Å². The molecule has 0 aliphatic carbocycles. The van der Waals surface area contributed by atoms with E-state index in [1.54, 1.807) is 0 Å². The molecule has 0 amide bonds. The third-order valence-corrected chi connectivity index (χ3v) is 4.03.